The SMILES string of the molecule is CCc1ccc(OCC(C)NC(=O)C(Cl)Cl)cc1. The molecule has 0 saturated heterocycles. The number of amides is 1. The Labute approximate surface area is 117 Å². The lowest BCUT2D eigenvalue weighted by Gasteiger charge is -2.15. The quantitative estimate of drug-likeness (QED) is 0.818. The maximum Gasteiger partial charge on any atom is 0.253 e. The second kappa shape index (κ2) is 7.49. The van der Waals surface area contributed by atoms with Gasteiger partial charge in [-0.3, -0.25) is 4.79 Å². The number of nitrogens with one attached hydrogen (secondary N) is 1. The molecular formula is C13H17Cl2NO2. The van der Waals surface area contributed by atoms with Crippen LogP contribution in [0.3, 0.4) is 0 Å². The van der Waals surface area contributed by atoms with Crippen LogP contribution < -0.4 is 10.1 Å². The Morgan fingerprint density at radius 1 is 1.33 bits per heavy atom. The average molecular weight is 290 g/mol. The van der Waals surface area contributed by atoms with Gasteiger partial charge in [0.25, 0.3) is 5.91 Å². The lowest BCUT2D eigenvalue weighted by atomic mass is 10.2. The fraction of sp³-hybridized carbons (Fsp3) is 0.462. The van der Waals surface area contributed by atoms with E-state index < -0.39 is 10.7 Å². The standard InChI is InChI=1S/C13H17Cl2NO2/c1-3-10-4-6-11(7-5-10)18-8-9(2)16-13(17)12(14)15/h4-7,9,12H,3,8H2,1-2H3,(H,16,17). The number of hydrogen-bond acceptors (Lipinski definition) is 2. The first kappa shape index (κ1) is 15.1. The zero-order chi connectivity index (χ0) is 13.5. The minimum atomic E-state index is -1.05. The number of hydrogen-bond donors (Lipinski definition) is 1. The number of aryl methyl sites for hydroxylation is 1. The molecule has 0 saturated carbocycles. The molecule has 1 aromatic carbocycles. The summed E-state index contributed by atoms with van der Waals surface area (Å²) < 4.78 is 5.55. The van der Waals surface area contributed by atoms with Crippen LogP contribution in [0.25, 0.3) is 0 Å². The zero-order valence-corrected chi connectivity index (χ0v) is 12.0. The van der Waals surface area contributed by atoms with Crippen LogP contribution >= 0.6 is 23.2 Å². The van der Waals surface area contributed by atoms with Crippen LogP contribution in [0.15, 0.2) is 24.3 Å². The largest absolute Gasteiger partial charge is 0.491 e. The first-order chi connectivity index (χ1) is 8.52. The predicted octanol–water partition coefficient (Wildman–Crippen LogP) is 2.94. The second-order valence-electron chi connectivity index (χ2n) is 4.02. The van der Waals surface area contributed by atoms with Gasteiger partial charge in [0.05, 0.1) is 6.04 Å². The summed E-state index contributed by atoms with van der Waals surface area (Å²) >= 11 is 10.9. The average Bonchev–Trinajstić information content (AvgIpc) is 2.36. The minimum absolute atomic E-state index is 0.150. The van der Waals surface area contributed by atoms with Gasteiger partial charge < -0.3 is 10.1 Å². The number of ether oxygens (including phenoxy) is 1. The highest BCUT2D eigenvalue weighted by Gasteiger charge is 2.14. The van der Waals surface area contributed by atoms with E-state index in [0.717, 1.165) is 12.2 Å². The van der Waals surface area contributed by atoms with Gasteiger partial charge in [0.1, 0.15) is 12.4 Å². The molecule has 100 valence electrons. The molecule has 1 amide bonds. The smallest absolute Gasteiger partial charge is 0.253 e. The molecule has 0 heterocycles. The summed E-state index contributed by atoms with van der Waals surface area (Å²) in [7, 11) is 0. The molecule has 0 spiro atoms. The molecular weight excluding hydrogens is 273 g/mol. The molecule has 3 nitrogen and oxygen atoms in total. The third-order valence-corrected chi connectivity index (χ3v) is 2.81. The highest BCUT2D eigenvalue weighted by molar-refractivity contribution is 6.53. The van der Waals surface area contributed by atoms with Crippen LogP contribution in [-0.2, 0) is 11.2 Å². The highest BCUT2D eigenvalue weighted by Crippen LogP contribution is 2.12. The van der Waals surface area contributed by atoms with Crippen molar-refractivity contribution >= 4 is 29.1 Å². The molecule has 0 bridgehead atoms. The van der Waals surface area contributed by atoms with Crippen LogP contribution in [0.1, 0.15) is 19.4 Å². The van der Waals surface area contributed by atoms with Crippen LogP contribution in [0.2, 0.25) is 0 Å². The summed E-state index contributed by atoms with van der Waals surface area (Å²) in [4.78, 5) is 10.2. The molecule has 0 fully saturated rings. The highest BCUT2D eigenvalue weighted by atomic mass is 35.5. The van der Waals surface area contributed by atoms with E-state index in [2.05, 4.69) is 12.2 Å². The first-order valence-electron chi connectivity index (χ1n) is 5.83. The van der Waals surface area contributed by atoms with Crippen molar-refractivity contribution in [3.8, 4) is 5.75 Å². The van der Waals surface area contributed by atoms with Gasteiger partial charge in [0.15, 0.2) is 4.84 Å². The van der Waals surface area contributed by atoms with Gasteiger partial charge in [0, 0.05) is 0 Å². The van der Waals surface area contributed by atoms with E-state index in [1.807, 2.05) is 31.2 Å². The number of carbonyl (C=O) groups is 1. The molecule has 1 atom stereocenters. The summed E-state index contributed by atoms with van der Waals surface area (Å²) in [6, 6.07) is 7.72. The van der Waals surface area contributed by atoms with Crippen molar-refractivity contribution in [1.29, 1.82) is 0 Å². The molecule has 0 aliphatic carbocycles. The molecule has 1 aromatic rings. The van der Waals surface area contributed by atoms with Crippen LogP contribution in [0.5, 0.6) is 5.75 Å². The fourth-order valence-electron chi connectivity index (χ4n) is 1.39. The summed E-state index contributed by atoms with van der Waals surface area (Å²) in [5.74, 6) is 0.373. The Morgan fingerprint density at radius 2 is 1.94 bits per heavy atom. The van der Waals surface area contributed by atoms with Crippen molar-refractivity contribution in [1.82, 2.24) is 5.32 Å². The van der Waals surface area contributed by atoms with Crippen molar-refractivity contribution < 1.29 is 9.53 Å². The number of alkyl halides is 2. The van der Waals surface area contributed by atoms with Gasteiger partial charge in [-0.2, -0.15) is 0 Å². The fourth-order valence-corrected chi connectivity index (χ4v) is 1.52. The monoisotopic (exact) mass is 289 g/mol. The third-order valence-electron chi connectivity index (χ3n) is 2.42. The lowest BCUT2D eigenvalue weighted by molar-refractivity contribution is -0.120. The zero-order valence-electron chi connectivity index (χ0n) is 10.5. The Hall–Kier alpha value is -0.930. The Kier molecular flexibility index (Phi) is 6.30. The van der Waals surface area contributed by atoms with Crippen molar-refractivity contribution in [2.24, 2.45) is 0 Å². The number of carbonyl (C=O) groups excluding carboxylic acids is 1. The van der Waals surface area contributed by atoms with E-state index in [9.17, 15) is 4.79 Å². The third kappa shape index (κ3) is 5.15. The van der Waals surface area contributed by atoms with E-state index >= 15 is 0 Å². The van der Waals surface area contributed by atoms with Gasteiger partial charge in [-0.1, -0.05) is 42.3 Å². The molecule has 1 N–H and O–H groups in total. The molecule has 0 aliphatic heterocycles. The molecule has 0 radical (unpaired) electrons. The van der Waals surface area contributed by atoms with E-state index in [1.54, 1.807) is 0 Å². The van der Waals surface area contributed by atoms with Crippen molar-refractivity contribution in [3.05, 3.63) is 29.8 Å². The molecule has 1 unspecified atom stereocenters. The summed E-state index contributed by atoms with van der Waals surface area (Å²) in [5, 5.41) is 2.64. The van der Waals surface area contributed by atoms with Crippen molar-refractivity contribution in [3.63, 3.8) is 0 Å². The Balaban J connectivity index is 2.37. The molecule has 5 heteroatoms. The van der Waals surface area contributed by atoms with Gasteiger partial charge in [-0.25, -0.2) is 0 Å². The van der Waals surface area contributed by atoms with E-state index in [-0.39, 0.29) is 6.04 Å². The summed E-state index contributed by atoms with van der Waals surface area (Å²) in [6.07, 6.45) is 1.000. The molecule has 0 aromatic heterocycles. The lowest BCUT2D eigenvalue weighted by Crippen LogP contribution is -2.39. The van der Waals surface area contributed by atoms with Crippen molar-refractivity contribution in [2.45, 2.75) is 31.1 Å². The summed E-state index contributed by atoms with van der Waals surface area (Å²) in [5.41, 5.74) is 1.26. The maximum absolute atomic E-state index is 11.2. The van der Waals surface area contributed by atoms with Crippen LogP contribution in [-0.4, -0.2) is 23.4 Å². The van der Waals surface area contributed by atoms with Crippen LogP contribution in [0.4, 0.5) is 0 Å². The van der Waals surface area contributed by atoms with Gasteiger partial charge in [-0.05, 0) is 31.0 Å². The number of halogens is 2. The Bertz CT molecular complexity index is 379. The second-order valence-corrected chi connectivity index (χ2v) is 5.12. The van der Waals surface area contributed by atoms with Crippen LogP contribution in [0, 0.1) is 0 Å². The predicted molar refractivity (Wildman–Crippen MR) is 74.4 cm³/mol. The van der Waals surface area contributed by atoms with E-state index in [4.69, 9.17) is 27.9 Å². The molecule has 1 rings (SSSR count). The minimum Gasteiger partial charge on any atom is -0.491 e. The van der Waals surface area contributed by atoms with Gasteiger partial charge in [-0.15, -0.1) is 0 Å². The molecule has 18 heavy (non-hydrogen) atoms. The normalized spacial score (nSPS) is 12.3. The van der Waals surface area contributed by atoms with E-state index in [1.165, 1.54) is 5.56 Å². The van der Waals surface area contributed by atoms with Gasteiger partial charge in [0.2, 0.25) is 0 Å². The molecule has 0 aliphatic rings. The topological polar surface area (TPSA) is 38.3 Å². The first-order valence-corrected chi connectivity index (χ1v) is 6.70. The summed E-state index contributed by atoms with van der Waals surface area (Å²) in [6.45, 7) is 4.30. The van der Waals surface area contributed by atoms with Crippen molar-refractivity contribution in [2.75, 3.05) is 6.61 Å². The Morgan fingerprint density at radius 3 is 2.44 bits per heavy atom. The van der Waals surface area contributed by atoms with Gasteiger partial charge >= 0.3 is 0 Å². The number of rotatable bonds is 6. The number of benzene rings is 1. The van der Waals surface area contributed by atoms with E-state index in [0.29, 0.717) is 6.61 Å². The maximum atomic E-state index is 11.2.